The van der Waals surface area contributed by atoms with Gasteiger partial charge in [-0.2, -0.15) is 0 Å². The summed E-state index contributed by atoms with van der Waals surface area (Å²) >= 11 is 0. The van der Waals surface area contributed by atoms with Crippen LogP contribution in [0, 0.1) is 0 Å². The highest BCUT2D eigenvalue weighted by Gasteiger charge is 2.31. The van der Waals surface area contributed by atoms with Crippen LogP contribution in [-0.2, 0) is 11.3 Å². The van der Waals surface area contributed by atoms with E-state index in [4.69, 9.17) is 4.74 Å². The molecule has 1 unspecified atom stereocenters. The van der Waals surface area contributed by atoms with E-state index < -0.39 is 6.36 Å². The molecule has 0 saturated heterocycles. The van der Waals surface area contributed by atoms with Crippen LogP contribution in [0.25, 0.3) is 0 Å². The summed E-state index contributed by atoms with van der Waals surface area (Å²) < 4.78 is 47.6. The quantitative estimate of drug-likeness (QED) is 0.699. The molecule has 1 saturated carbocycles. The second-order valence-electron chi connectivity index (χ2n) is 7.21. The molecule has 0 N–H and O–H groups in total. The van der Waals surface area contributed by atoms with Crippen molar-refractivity contribution >= 4 is 5.69 Å². The zero-order valence-electron chi connectivity index (χ0n) is 15.1. The number of halogens is 3. The van der Waals surface area contributed by atoms with Crippen molar-refractivity contribution in [1.29, 1.82) is 0 Å². The number of hydrogen-bond donors (Lipinski definition) is 0. The molecule has 0 amide bonds. The number of alkyl halides is 3. The third-order valence-electron chi connectivity index (χ3n) is 5.16. The third kappa shape index (κ3) is 4.38. The molecule has 6 heteroatoms. The van der Waals surface area contributed by atoms with Crippen LogP contribution in [0.3, 0.4) is 0 Å². The first-order valence-electron chi connectivity index (χ1n) is 9.24. The first-order chi connectivity index (χ1) is 12.9. The number of ether oxygens (including phenoxy) is 2. The predicted molar refractivity (Wildman–Crippen MR) is 97.0 cm³/mol. The predicted octanol–water partition coefficient (Wildman–Crippen LogP) is 5.56. The number of fused-ring (bicyclic) bond motifs is 1. The van der Waals surface area contributed by atoms with Crippen molar-refractivity contribution in [2.45, 2.75) is 44.7 Å². The standard InChI is InChI=1S/C21H22F3NO2/c1-14-20-8-7-16(15-5-6-15)11-17(20)13-25(9-10-26-14)18-3-2-4-19(12-18)27-21(22,23)24/h2-4,7-8,11-12,14-15H,5-6,9-10,13H2,1H3. The van der Waals surface area contributed by atoms with Gasteiger partial charge in [-0.1, -0.05) is 24.3 Å². The normalized spacial score (nSPS) is 20.6. The molecule has 1 aliphatic heterocycles. The SMILES string of the molecule is CC1OCCN(c2cccc(OC(F)(F)F)c2)Cc2cc(C3CC3)ccc21. The summed E-state index contributed by atoms with van der Waals surface area (Å²) in [5.74, 6) is 0.442. The fourth-order valence-electron chi connectivity index (χ4n) is 3.64. The van der Waals surface area contributed by atoms with E-state index in [2.05, 4.69) is 22.9 Å². The molecule has 1 heterocycles. The van der Waals surface area contributed by atoms with Crippen LogP contribution in [-0.4, -0.2) is 19.5 Å². The molecule has 2 aromatic carbocycles. The molecule has 0 aromatic heterocycles. The number of anilines is 1. The first-order valence-corrected chi connectivity index (χ1v) is 9.24. The highest BCUT2D eigenvalue weighted by Crippen LogP contribution is 2.41. The molecule has 0 radical (unpaired) electrons. The van der Waals surface area contributed by atoms with Gasteiger partial charge in [0.1, 0.15) is 5.75 Å². The van der Waals surface area contributed by atoms with Crippen molar-refractivity contribution in [1.82, 2.24) is 0 Å². The van der Waals surface area contributed by atoms with E-state index in [0.717, 1.165) is 5.56 Å². The second kappa shape index (κ2) is 7.08. The Bertz CT molecular complexity index is 817. The largest absolute Gasteiger partial charge is 0.573 e. The van der Waals surface area contributed by atoms with Gasteiger partial charge in [0.15, 0.2) is 0 Å². The lowest BCUT2D eigenvalue weighted by molar-refractivity contribution is -0.274. The van der Waals surface area contributed by atoms with Crippen LogP contribution >= 0.6 is 0 Å². The lowest BCUT2D eigenvalue weighted by Gasteiger charge is -2.31. The van der Waals surface area contributed by atoms with Crippen molar-refractivity contribution in [2.75, 3.05) is 18.1 Å². The average Bonchev–Trinajstić information content (AvgIpc) is 3.43. The van der Waals surface area contributed by atoms with E-state index in [1.807, 2.05) is 11.8 Å². The van der Waals surface area contributed by atoms with Gasteiger partial charge in [-0.25, -0.2) is 0 Å². The minimum absolute atomic E-state index is 0.00954. The molecule has 0 spiro atoms. The third-order valence-corrected chi connectivity index (χ3v) is 5.16. The van der Waals surface area contributed by atoms with Gasteiger partial charge in [0.05, 0.1) is 12.7 Å². The molecule has 1 atom stereocenters. The first kappa shape index (κ1) is 18.2. The Morgan fingerprint density at radius 3 is 2.67 bits per heavy atom. The summed E-state index contributed by atoms with van der Waals surface area (Å²) in [5, 5.41) is 0. The number of rotatable bonds is 3. The van der Waals surface area contributed by atoms with Crippen molar-refractivity contribution < 1.29 is 22.6 Å². The lowest BCUT2D eigenvalue weighted by atomic mass is 9.97. The van der Waals surface area contributed by atoms with Crippen molar-refractivity contribution in [3.05, 3.63) is 59.2 Å². The molecule has 27 heavy (non-hydrogen) atoms. The van der Waals surface area contributed by atoms with Crippen molar-refractivity contribution in [3.63, 3.8) is 0 Å². The monoisotopic (exact) mass is 377 g/mol. The molecule has 2 aliphatic rings. The Kier molecular flexibility index (Phi) is 4.76. The van der Waals surface area contributed by atoms with E-state index in [9.17, 15) is 13.2 Å². The molecule has 1 aliphatic carbocycles. The lowest BCUT2D eigenvalue weighted by Crippen LogP contribution is -2.30. The van der Waals surface area contributed by atoms with Crippen LogP contribution in [0.2, 0.25) is 0 Å². The molecule has 4 rings (SSSR count). The fraction of sp³-hybridized carbons (Fsp3) is 0.429. The van der Waals surface area contributed by atoms with Gasteiger partial charge in [-0.3, -0.25) is 0 Å². The van der Waals surface area contributed by atoms with Crippen LogP contribution in [0.1, 0.15) is 48.5 Å². The van der Waals surface area contributed by atoms with Crippen LogP contribution in [0.15, 0.2) is 42.5 Å². The summed E-state index contributed by atoms with van der Waals surface area (Å²) in [4.78, 5) is 2.05. The molecule has 2 aromatic rings. The number of benzene rings is 2. The molecule has 1 fully saturated rings. The Balaban J connectivity index is 1.63. The molecular formula is C21H22F3NO2. The minimum Gasteiger partial charge on any atom is -0.406 e. The van der Waals surface area contributed by atoms with Gasteiger partial charge < -0.3 is 14.4 Å². The molecule has 0 bridgehead atoms. The zero-order chi connectivity index (χ0) is 19.0. The van der Waals surface area contributed by atoms with Crippen LogP contribution in [0.5, 0.6) is 5.75 Å². The molecule has 3 nitrogen and oxygen atoms in total. The second-order valence-corrected chi connectivity index (χ2v) is 7.21. The summed E-state index contributed by atoms with van der Waals surface area (Å²) in [5.41, 5.74) is 4.36. The van der Waals surface area contributed by atoms with Crippen LogP contribution < -0.4 is 9.64 Å². The number of hydrogen-bond acceptors (Lipinski definition) is 3. The zero-order valence-corrected chi connectivity index (χ0v) is 15.1. The molecular weight excluding hydrogens is 355 g/mol. The van der Waals surface area contributed by atoms with E-state index in [1.54, 1.807) is 12.1 Å². The molecule has 144 valence electrons. The van der Waals surface area contributed by atoms with Gasteiger partial charge in [-0.15, -0.1) is 13.2 Å². The Labute approximate surface area is 156 Å². The summed E-state index contributed by atoms with van der Waals surface area (Å²) in [7, 11) is 0. The number of nitrogens with zero attached hydrogens (tertiary/aromatic N) is 1. The van der Waals surface area contributed by atoms with E-state index in [-0.39, 0.29) is 11.9 Å². The maximum absolute atomic E-state index is 12.5. The highest BCUT2D eigenvalue weighted by molar-refractivity contribution is 5.52. The summed E-state index contributed by atoms with van der Waals surface area (Å²) in [6.45, 7) is 3.80. The highest BCUT2D eigenvalue weighted by atomic mass is 19.4. The van der Waals surface area contributed by atoms with Gasteiger partial charge in [0, 0.05) is 24.8 Å². The minimum atomic E-state index is -4.70. The van der Waals surface area contributed by atoms with Gasteiger partial charge in [0.2, 0.25) is 0 Å². The Morgan fingerprint density at radius 2 is 1.93 bits per heavy atom. The van der Waals surface area contributed by atoms with Gasteiger partial charge >= 0.3 is 6.36 Å². The van der Waals surface area contributed by atoms with Gasteiger partial charge in [0.25, 0.3) is 0 Å². The topological polar surface area (TPSA) is 21.7 Å². The Morgan fingerprint density at radius 1 is 1.11 bits per heavy atom. The maximum atomic E-state index is 12.5. The van der Waals surface area contributed by atoms with Gasteiger partial charge in [-0.05, 0) is 54.5 Å². The van der Waals surface area contributed by atoms with E-state index in [1.165, 1.54) is 36.1 Å². The Hall–Kier alpha value is -2.21. The summed E-state index contributed by atoms with van der Waals surface area (Å²) in [6.07, 6.45) is -2.23. The fourth-order valence-corrected chi connectivity index (χ4v) is 3.64. The maximum Gasteiger partial charge on any atom is 0.573 e. The van der Waals surface area contributed by atoms with Crippen molar-refractivity contribution in [3.8, 4) is 5.75 Å². The summed E-state index contributed by atoms with van der Waals surface area (Å²) in [6, 6.07) is 12.7. The van der Waals surface area contributed by atoms with E-state index >= 15 is 0 Å². The van der Waals surface area contributed by atoms with Crippen molar-refractivity contribution in [2.24, 2.45) is 0 Å². The smallest absolute Gasteiger partial charge is 0.406 e. The van der Waals surface area contributed by atoms with Crippen LogP contribution in [0.4, 0.5) is 18.9 Å². The van der Waals surface area contributed by atoms with E-state index in [0.29, 0.717) is 31.3 Å². The average molecular weight is 377 g/mol.